The predicted molar refractivity (Wildman–Crippen MR) is 102 cm³/mol. The molecular formula is C21H32FN3O. The first-order chi connectivity index (χ1) is 12.5. The monoisotopic (exact) mass is 361 g/mol. The lowest BCUT2D eigenvalue weighted by Gasteiger charge is -2.37. The molecule has 2 aliphatic rings. The Morgan fingerprint density at radius 3 is 2.42 bits per heavy atom. The average molecular weight is 362 g/mol. The van der Waals surface area contributed by atoms with Crippen molar-refractivity contribution in [2.24, 2.45) is 5.92 Å². The highest BCUT2D eigenvalue weighted by Gasteiger charge is 2.34. The molecule has 5 heteroatoms. The fraction of sp³-hybridized carbons (Fsp3) is 0.667. The summed E-state index contributed by atoms with van der Waals surface area (Å²) >= 11 is 0. The number of nitrogens with one attached hydrogen (secondary N) is 1. The number of hydrogen-bond acceptors (Lipinski definition) is 3. The largest absolute Gasteiger partial charge is 0.352 e. The molecule has 3 rings (SSSR count). The van der Waals surface area contributed by atoms with E-state index in [0.29, 0.717) is 6.04 Å². The predicted octanol–water partition coefficient (Wildman–Crippen LogP) is 3.20. The lowest BCUT2D eigenvalue weighted by molar-refractivity contribution is -0.127. The van der Waals surface area contributed by atoms with Crippen molar-refractivity contribution in [2.75, 3.05) is 33.7 Å². The van der Waals surface area contributed by atoms with Crippen molar-refractivity contribution < 1.29 is 9.18 Å². The molecule has 1 aromatic carbocycles. The molecule has 1 aromatic rings. The van der Waals surface area contributed by atoms with Crippen LogP contribution >= 0.6 is 0 Å². The van der Waals surface area contributed by atoms with Gasteiger partial charge in [-0.25, -0.2) is 4.39 Å². The molecule has 1 aliphatic carbocycles. The second kappa shape index (κ2) is 8.96. The van der Waals surface area contributed by atoms with Gasteiger partial charge in [-0.3, -0.25) is 9.69 Å². The Morgan fingerprint density at radius 1 is 1.19 bits per heavy atom. The van der Waals surface area contributed by atoms with Crippen molar-refractivity contribution in [2.45, 2.75) is 50.6 Å². The van der Waals surface area contributed by atoms with Crippen molar-refractivity contribution in [3.8, 4) is 0 Å². The Hall–Kier alpha value is -1.46. The van der Waals surface area contributed by atoms with Crippen LogP contribution in [0.2, 0.25) is 0 Å². The van der Waals surface area contributed by atoms with Gasteiger partial charge in [0.1, 0.15) is 11.9 Å². The summed E-state index contributed by atoms with van der Waals surface area (Å²) in [7, 11) is 4.24. The van der Waals surface area contributed by atoms with Crippen LogP contribution in [0, 0.1) is 11.7 Å². The van der Waals surface area contributed by atoms with Gasteiger partial charge in [0.2, 0.25) is 5.91 Å². The number of benzene rings is 1. The van der Waals surface area contributed by atoms with E-state index >= 15 is 0 Å². The van der Waals surface area contributed by atoms with Crippen LogP contribution in [0.3, 0.4) is 0 Å². The molecular weight excluding hydrogens is 329 g/mol. The molecule has 2 fully saturated rings. The number of amides is 1. The van der Waals surface area contributed by atoms with E-state index in [1.807, 2.05) is 0 Å². The highest BCUT2D eigenvalue weighted by molar-refractivity contribution is 5.83. The maximum absolute atomic E-state index is 13.3. The van der Waals surface area contributed by atoms with E-state index in [1.165, 1.54) is 25.0 Å². The van der Waals surface area contributed by atoms with Crippen LogP contribution in [-0.2, 0) is 4.79 Å². The molecule has 144 valence electrons. The van der Waals surface area contributed by atoms with Gasteiger partial charge in [0, 0.05) is 6.04 Å². The van der Waals surface area contributed by atoms with Gasteiger partial charge < -0.3 is 10.2 Å². The standard InChI is InChI=1S/C21H32FN3O/c1-24(2)13-3-4-16-11-14-25(15-12-16)20(21(26)23-19-9-10-19)17-5-7-18(22)8-6-17/h5-8,16,19-20H,3-4,9-15H2,1-2H3,(H,23,26). The van der Waals surface area contributed by atoms with Crippen LogP contribution in [0.25, 0.3) is 0 Å². The molecule has 1 aliphatic heterocycles. The highest BCUT2D eigenvalue weighted by atomic mass is 19.1. The lowest BCUT2D eigenvalue weighted by atomic mass is 9.90. The second-order valence-corrected chi connectivity index (χ2v) is 8.16. The van der Waals surface area contributed by atoms with Gasteiger partial charge >= 0.3 is 0 Å². The number of likely N-dealkylation sites (tertiary alicyclic amines) is 1. The molecule has 1 unspecified atom stereocenters. The molecule has 0 aromatic heterocycles. The minimum atomic E-state index is -0.293. The van der Waals surface area contributed by atoms with Crippen molar-refractivity contribution in [1.29, 1.82) is 0 Å². The summed E-state index contributed by atoms with van der Waals surface area (Å²) < 4.78 is 13.3. The molecule has 1 N–H and O–H groups in total. The van der Waals surface area contributed by atoms with Crippen molar-refractivity contribution in [3.05, 3.63) is 35.6 Å². The van der Waals surface area contributed by atoms with Gasteiger partial charge in [0.15, 0.2) is 0 Å². The minimum Gasteiger partial charge on any atom is -0.352 e. The van der Waals surface area contributed by atoms with E-state index in [9.17, 15) is 9.18 Å². The number of halogens is 1. The van der Waals surface area contributed by atoms with Crippen LogP contribution in [0.1, 0.15) is 50.1 Å². The summed E-state index contributed by atoms with van der Waals surface area (Å²) in [5, 5.41) is 3.14. The second-order valence-electron chi connectivity index (χ2n) is 8.16. The fourth-order valence-corrected chi connectivity index (χ4v) is 3.88. The summed E-state index contributed by atoms with van der Waals surface area (Å²) in [4.78, 5) is 17.4. The first kappa shape index (κ1) is 19.3. The smallest absolute Gasteiger partial charge is 0.242 e. The third-order valence-corrected chi connectivity index (χ3v) is 5.59. The van der Waals surface area contributed by atoms with Gasteiger partial charge in [-0.1, -0.05) is 12.1 Å². The molecule has 1 atom stereocenters. The van der Waals surface area contributed by atoms with Gasteiger partial charge in [0.25, 0.3) is 0 Å². The molecule has 1 heterocycles. The summed E-state index contributed by atoms with van der Waals surface area (Å²) in [6.07, 6.45) is 6.94. The molecule has 1 amide bonds. The maximum atomic E-state index is 13.3. The van der Waals surface area contributed by atoms with Gasteiger partial charge in [-0.05, 0) is 95.9 Å². The van der Waals surface area contributed by atoms with Gasteiger partial charge in [-0.15, -0.1) is 0 Å². The zero-order valence-electron chi connectivity index (χ0n) is 16.1. The Kier molecular flexibility index (Phi) is 6.65. The minimum absolute atomic E-state index is 0.0742. The maximum Gasteiger partial charge on any atom is 0.242 e. The van der Waals surface area contributed by atoms with Crippen LogP contribution in [0.5, 0.6) is 0 Å². The Morgan fingerprint density at radius 2 is 1.85 bits per heavy atom. The van der Waals surface area contributed by atoms with E-state index in [1.54, 1.807) is 12.1 Å². The highest BCUT2D eigenvalue weighted by Crippen LogP contribution is 2.30. The van der Waals surface area contributed by atoms with Crippen LogP contribution in [0.4, 0.5) is 4.39 Å². The van der Waals surface area contributed by atoms with E-state index in [2.05, 4.69) is 29.2 Å². The third kappa shape index (κ3) is 5.52. The lowest BCUT2D eigenvalue weighted by Crippen LogP contribution is -2.44. The number of carbonyl (C=O) groups excluding carboxylic acids is 1. The van der Waals surface area contributed by atoms with E-state index in [4.69, 9.17) is 0 Å². The topological polar surface area (TPSA) is 35.6 Å². The number of hydrogen-bond donors (Lipinski definition) is 1. The average Bonchev–Trinajstić information content (AvgIpc) is 3.42. The fourth-order valence-electron chi connectivity index (χ4n) is 3.88. The quantitative estimate of drug-likeness (QED) is 0.772. The van der Waals surface area contributed by atoms with E-state index in [0.717, 1.165) is 56.8 Å². The SMILES string of the molecule is CN(C)CCCC1CCN(C(C(=O)NC2CC2)c2ccc(F)cc2)CC1. The number of piperidine rings is 1. The molecule has 0 radical (unpaired) electrons. The summed E-state index contributed by atoms with van der Waals surface area (Å²) in [5.74, 6) is 0.575. The third-order valence-electron chi connectivity index (χ3n) is 5.59. The van der Waals surface area contributed by atoms with Gasteiger partial charge in [-0.2, -0.15) is 0 Å². The summed E-state index contributed by atoms with van der Waals surface area (Å²) in [5.41, 5.74) is 0.899. The first-order valence-corrected chi connectivity index (χ1v) is 9.97. The zero-order chi connectivity index (χ0) is 18.5. The normalized spacial score (nSPS) is 20.3. The van der Waals surface area contributed by atoms with Crippen LogP contribution in [-0.4, -0.2) is 55.5 Å². The zero-order valence-corrected chi connectivity index (χ0v) is 16.1. The van der Waals surface area contributed by atoms with Gasteiger partial charge in [0.05, 0.1) is 0 Å². The Labute approximate surface area is 156 Å². The molecule has 0 bridgehead atoms. The summed E-state index contributed by atoms with van der Waals surface area (Å²) in [6, 6.07) is 6.49. The molecule has 1 saturated heterocycles. The van der Waals surface area contributed by atoms with Crippen LogP contribution < -0.4 is 5.32 Å². The molecule has 26 heavy (non-hydrogen) atoms. The summed E-state index contributed by atoms with van der Waals surface area (Å²) in [6.45, 7) is 3.02. The van der Waals surface area contributed by atoms with Crippen LogP contribution in [0.15, 0.2) is 24.3 Å². The number of rotatable bonds is 8. The van der Waals surface area contributed by atoms with Crippen molar-refractivity contribution in [1.82, 2.24) is 15.1 Å². The Bertz CT molecular complexity index is 577. The molecule has 0 spiro atoms. The van der Waals surface area contributed by atoms with E-state index < -0.39 is 0 Å². The number of nitrogens with zero attached hydrogens (tertiary/aromatic N) is 2. The molecule has 1 saturated carbocycles. The number of carbonyl (C=O) groups is 1. The van der Waals surface area contributed by atoms with Crippen molar-refractivity contribution >= 4 is 5.91 Å². The first-order valence-electron chi connectivity index (χ1n) is 9.97. The molecule has 4 nitrogen and oxygen atoms in total. The van der Waals surface area contributed by atoms with E-state index in [-0.39, 0.29) is 17.8 Å². The Balaban J connectivity index is 1.60. The van der Waals surface area contributed by atoms with Crippen molar-refractivity contribution in [3.63, 3.8) is 0 Å².